The van der Waals surface area contributed by atoms with E-state index in [4.69, 9.17) is 0 Å². The molecule has 29 heavy (non-hydrogen) atoms. The minimum atomic E-state index is -3.56. The van der Waals surface area contributed by atoms with Gasteiger partial charge in [-0.05, 0) is 69.7 Å². The van der Waals surface area contributed by atoms with Crippen LogP contribution in [-0.4, -0.2) is 62.2 Å². The van der Waals surface area contributed by atoms with Crippen LogP contribution in [0.4, 0.5) is 5.69 Å². The minimum absolute atomic E-state index is 0.00743. The van der Waals surface area contributed by atoms with Crippen LogP contribution in [-0.2, 0) is 25.0 Å². The normalized spacial score (nSPS) is 22.2. The molecule has 0 saturated carbocycles. The third kappa shape index (κ3) is 3.46. The molecule has 0 atom stereocenters. The van der Waals surface area contributed by atoms with Crippen molar-refractivity contribution in [3.63, 3.8) is 0 Å². The predicted molar refractivity (Wildman–Crippen MR) is 110 cm³/mol. The Bertz CT molecular complexity index is 929. The first-order chi connectivity index (χ1) is 13.7. The molecular weight excluding hydrogens is 390 g/mol. The average Bonchev–Trinajstić information content (AvgIpc) is 3.32. The van der Waals surface area contributed by atoms with Crippen LogP contribution in [0.2, 0.25) is 0 Å². The molecule has 3 heterocycles. The smallest absolute Gasteiger partial charge is 0.243 e. The van der Waals surface area contributed by atoms with Gasteiger partial charge >= 0.3 is 0 Å². The second kappa shape index (κ2) is 7.40. The van der Waals surface area contributed by atoms with Crippen LogP contribution in [0.25, 0.3) is 0 Å². The molecule has 3 aliphatic rings. The highest BCUT2D eigenvalue weighted by Crippen LogP contribution is 2.43. The zero-order valence-corrected chi connectivity index (χ0v) is 18.0. The first-order valence-corrected chi connectivity index (χ1v) is 11.9. The minimum Gasteiger partial charge on any atom is -0.341 e. The fraction of sp³-hybridized carbons (Fsp3) is 0.619. The van der Waals surface area contributed by atoms with E-state index in [0.29, 0.717) is 24.3 Å². The van der Waals surface area contributed by atoms with Crippen molar-refractivity contribution in [3.8, 4) is 0 Å². The summed E-state index contributed by atoms with van der Waals surface area (Å²) < 4.78 is 27.4. The van der Waals surface area contributed by atoms with Gasteiger partial charge in [-0.15, -0.1) is 0 Å². The molecule has 1 aromatic carbocycles. The fourth-order valence-corrected chi connectivity index (χ4v) is 6.13. The van der Waals surface area contributed by atoms with Crippen LogP contribution in [0, 0.1) is 0 Å². The Labute approximate surface area is 172 Å². The van der Waals surface area contributed by atoms with Gasteiger partial charge in [0.2, 0.25) is 21.8 Å². The molecule has 0 aromatic heterocycles. The van der Waals surface area contributed by atoms with Crippen LogP contribution in [0.5, 0.6) is 0 Å². The molecule has 2 saturated heterocycles. The van der Waals surface area contributed by atoms with Gasteiger partial charge in [0.05, 0.1) is 10.3 Å². The number of likely N-dealkylation sites (tertiary alicyclic amines) is 1. The van der Waals surface area contributed by atoms with Gasteiger partial charge in [0.15, 0.2) is 0 Å². The molecule has 7 nitrogen and oxygen atoms in total. The van der Waals surface area contributed by atoms with E-state index in [1.807, 2.05) is 4.90 Å². The van der Waals surface area contributed by atoms with Gasteiger partial charge in [0, 0.05) is 31.9 Å². The number of nitrogens with zero attached hydrogens (tertiary/aromatic N) is 3. The Morgan fingerprint density at radius 2 is 1.62 bits per heavy atom. The zero-order valence-electron chi connectivity index (χ0n) is 17.2. The van der Waals surface area contributed by atoms with Crippen molar-refractivity contribution in [2.45, 2.75) is 56.3 Å². The lowest BCUT2D eigenvalue weighted by atomic mass is 9.86. The number of hydrogen-bond acceptors (Lipinski definition) is 4. The number of carbonyl (C=O) groups is 2. The molecule has 3 aliphatic heterocycles. The second-order valence-electron chi connectivity index (χ2n) is 8.75. The summed E-state index contributed by atoms with van der Waals surface area (Å²) >= 11 is 0. The van der Waals surface area contributed by atoms with Crippen LogP contribution in [0.1, 0.15) is 51.5 Å². The van der Waals surface area contributed by atoms with Crippen molar-refractivity contribution in [3.05, 3.63) is 23.8 Å². The van der Waals surface area contributed by atoms with E-state index in [1.54, 1.807) is 32.0 Å². The number of anilines is 1. The average molecular weight is 420 g/mol. The molecule has 2 amide bonds. The summed E-state index contributed by atoms with van der Waals surface area (Å²) in [6, 6.07) is 4.89. The summed E-state index contributed by atoms with van der Waals surface area (Å²) in [6.45, 7) is 6.16. The summed E-state index contributed by atoms with van der Waals surface area (Å²) in [5.41, 5.74) is 0.452. The number of carbonyl (C=O) groups excluding carboxylic acids is 2. The highest BCUT2D eigenvalue weighted by atomic mass is 32.2. The molecule has 8 heteroatoms. The SMILES string of the molecule is CC1(C)C(=O)N(CC(=O)N2CCCCC2)c2ccc(S(=O)(=O)N3CCCC3)cc21. The van der Waals surface area contributed by atoms with Crippen molar-refractivity contribution in [2.75, 3.05) is 37.6 Å². The summed E-state index contributed by atoms with van der Waals surface area (Å²) in [6.07, 6.45) is 4.89. The van der Waals surface area contributed by atoms with E-state index in [2.05, 4.69) is 0 Å². The summed E-state index contributed by atoms with van der Waals surface area (Å²) in [5, 5.41) is 0. The summed E-state index contributed by atoms with van der Waals surface area (Å²) in [7, 11) is -3.56. The molecule has 0 spiro atoms. The maximum absolute atomic E-state index is 13.1. The molecule has 1 aromatic rings. The molecule has 158 valence electrons. The van der Waals surface area contributed by atoms with Crippen molar-refractivity contribution in [1.82, 2.24) is 9.21 Å². The maximum Gasteiger partial charge on any atom is 0.243 e. The lowest BCUT2D eigenvalue weighted by Crippen LogP contribution is -2.45. The number of benzene rings is 1. The van der Waals surface area contributed by atoms with Crippen molar-refractivity contribution < 1.29 is 18.0 Å². The topological polar surface area (TPSA) is 78.0 Å². The van der Waals surface area contributed by atoms with E-state index in [1.165, 1.54) is 9.21 Å². The highest BCUT2D eigenvalue weighted by Gasteiger charge is 2.45. The standard InChI is InChI=1S/C21H29N3O4S/c1-21(2)17-14-16(29(27,28)23-12-6-7-13-23)8-9-18(17)24(20(21)26)15-19(25)22-10-4-3-5-11-22/h8-9,14H,3-7,10-13,15H2,1-2H3. The Balaban J connectivity index is 1.64. The molecule has 0 unspecified atom stereocenters. The van der Waals surface area contributed by atoms with E-state index in [0.717, 1.165) is 45.2 Å². The largest absolute Gasteiger partial charge is 0.341 e. The number of fused-ring (bicyclic) bond motifs is 1. The van der Waals surface area contributed by atoms with Crippen LogP contribution in [0.15, 0.2) is 23.1 Å². The Morgan fingerprint density at radius 3 is 2.28 bits per heavy atom. The van der Waals surface area contributed by atoms with Crippen LogP contribution >= 0.6 is 0 Å². The van der Waals surface area contributed by atoms with E-state index >= 15 is 0 Å². The Hall–Kier alpha value is -1.93. The van der Waals surface area contributed by atoms with Gasteiger partial charge in [0.1, 0.15) is 6.54 Å². The van der Waals surface area contributed by atoms with Crippen LogP contribution in [0.3, 0.4) is 0 Å². The molecule has 2 fully saturated rings. The van der Waals surface area contributed by atoms with Gasteiger partial charge in [0.25, 0.3) is 0 Å². The lowest BCUT2D eigenvalue weighted by molar-refractivity contribution is -0.132. The monoisotopic (exact) mass is 419 g/mol. The number of rotatable bonds is 4. The molecule has 0 radical (unpaired) electrons. The van der Waals surface area contributed by atoms with Gasteiger partial charge in [-0.25, -0.2) is 8.42 Å². The summed E-state index contributed by atoms with van der Waals surface area (Å²) in [4.78, 5) is 29.4. The molecule has 4 rings (SSSR count). The number of sulfonamides is 1. The molecular formula is C21H29N3O4S. The van der Waals surface area contributed by atoms with Gasteiger partial charge < -0.3 is 9.80 Å². The number of amides is 2. The first-order valence-electron chi connectivity index (χ1n) is 10.5. The van der Waals surface area contributed by atoms with E-state index in [9.17, 15) is 18.0 Å². The van der Waals surface area contributed by atoms with Gasteiger partial charge in [-0.3, -0.25) is 9.59 Å². The Kier molecular flexibility index (Phi) is 5.19. The fourth-order valence-electron chi connectivity index (χ4n) is 4.59. The van der Waals surface area contributed by atoms with Crippen LogP contribution < -0.4 is 4.90 Å². The Morgan fingerprint density at radius 1 is 1.00 bits per heavy atom. The maximum atomic E-state index is 13.1. The van der Waals surface area contributed by atoms with Gasteiger partial charge in [-0.2, -0.15) is 4.31 Å². The van der Waals surface area contributed by atoms with Crippen molar-refractivity contribution >= 4 is 27.5 Å². The quantitative estimate of drug-likeness (QED) is 0.749. The third-order valence-electron chi connectivity index (χ3n) is 6.42. The molecule has 0 bridgehead atoms. The number of hydrogen-bond donors (Lipinski definition) is 0. The van der Waals surface area contributed by atoms with E-state index < -0.39 is 15.4 Å². The lowest BCUT2D eigenvalue weighted by Gasteiger charge is -2.29. The van der Waals surface area contributed by atoms with E-state index in [-0.39, 0.29) is 23.3 Å². The summed E-state index contributed by atoms with van der Waals surface area (Å²) in [5.74, 6) is -0.205. The predicted octanol–water partition coefficient (Wildman–Crippen LogP) is 2.11. The molecule has 0 N–H and O–H groups in total. The first kappa shape index (κ1) is 20.3. The van der Waals surface area contributed by atoms with Crippen molar-refractivity contribution in [2.24, 2.45) is 0 Å². The molecule has 0 aliphatic carbocycles. The third-order valence-corrected chi connectivity index (χ3v) is 8.31. The second-order valence-corrected chi connectivity index (χ2v) is 10.7. The van der Waals surface area contributed by atoms with Crippen molar-refractivity contribution in [1.29, 1.82) is 0 Å². The van der Waals surface area contributed by atoms with Gasteiger partial charge in [-0.1, -0.05) is 0 Å². The highest BCUT2D eigenvalue weighted by molar-refractivity contribution is 7.89. The zero-order chi connectivity index (χ0) is 20.8. The number of piperidine rings is 1.